The lowest BCUT2D eigenvalue weighted by Crippen LogP contribution is -2.33. The van der Waals surface area contributed by atoms with Crippen molar-refractivity contribution in [3.63, 3.8) is 0 Å². The molecule has 0 radical (unpaired) electrons. The Kier molecular flexibility index (Phi) is 7.79. The zero-order valence-corrected chi connectivity index (χ0v) is 20.1. The summed E-state index contributed by atoms with van der Waals surface area (Å²) in [5, 5.41) is 1.14. The van der Waals surface area contributed by atoms with Gasteiger partial charge in [0.05, 0.1) is 0 Å². The fourth-order valence-electron chi connectivity index (χ4n) is 4.77. The number of hydrogen-bond donors (Lipinski definition) is 0. The van der Waals surface area contributed by atoms with Gasteiger partial charge in [0.15, 0.2) is 0 Å². The van der Waals surface area contributed by atoms with Crippen molar-refractivity contribution in [3.8, 4) is 0 Å². The van der Waals surface area contributed by atoms with E-state index in [0.717, 1.165) is 54.5 Å². The van der Waals surface area contributed by atoms with Gasteiger partial charge >= 0.3 is 0 Å². The predicted molar refractivity (Wildman–Crippen MR) is 138 cm³/mol. The Morgan fingerprint density at radius 2 is 1.53 bits per heavy atom. The highest BCUT2D eigenvalue weighted by Crippen LogP contribution is 2.35. The summed E-state index contributed by atoms with van der Waals surface area (Å²) < 4.78 is 16.0. The van der Waals surface area contributed by atoms with Crippen LogP contribution in [0.4, 0.5) is 4.39 Å². The lowest BCUT2D eigenvalue weighted by atomic mass is 9.87. The normalized spacial score (nSPS) is 12.1. The lowest BCUT2D eigenvalue weighted by Gasteiger charge is -2.25. The van der Waals surface area contributed by atoms with Gasteiger partial charge in [0.1, 0.15) is 5.82 Å². The number of fused-ring (bicyclic) bond motifs is 1. The van der Waals surface area contributed by atoms with Crippen molar-refractivity contribution in [1.82, 2.24) is 9.47 Å². The molecule has 0 saturated heterocycles. The van der Waals surface area contributed by atoms with E-state index in [0.29, 0.717) is 6.42 Å². The summed E-state index contributed by atoms with van der Waals surface area (Å²) in [5.41, 5.74) is 4.44. The number of halogens is 1. The largest absolute Gasteiger partial charge is 0.343 e. The van der Waals surface area contributed by atoms with E-state index in [1.165, 1.54) is 17.7 Å². The predicted octanol–water partition coefficient (Wildman–Crippen LogP) is 7.00. The molecule has 0 aliphatic rings. The van der Waals surface area contributed by atoms with Crippen LogP contribution in [-0.2, 0) is 11.3 Å². The fourth-order valence-corrected chi connectivity index (χ4v) is 4.77. The molecule has 3 nitrogen and oxygen atoms in total. The molecule has 1 aromatic heterocycles. The zero-order chi connectivity index (χ0) is 23.9. The molecule has 0 N–H and O–H groups in total. The van der Waals surface area contributed by atoms with E-state index in [-0.39, 0.29) is 17.6 Å². The van der Waals surface area contributed by atoms with Crippen LogP contribution in [-0.4, -0.2) is 28.5 Å². The maximum absolute atomic E-state index is 13.8. The van der Waals surface area contributed by atoms with Gasteiger partial charge in [0.25, 0.3) is 0 Å². The van der Waals surface area contributed by atoms with Crippen LogP contribution in [0.2, 0.25) is 0 Å². The molecular weight excluding hydrogens is 423 g/mol. The molecule has 4 heteroatoms. The first kappa shape index (κ1) is 23.7. The van der Waals surface area contributed by atoms with Crippen molar-refractivity contribution >= 4 is 16.8 Å². The third-order valence-corrected chi connectivity index (χ3v) is 6.38. The Labute approximate surface area is 201 Å². The second kappa shape index (κ2) is 11.1. The Hall–Kier alpha value is -3.40. The second-order valence-electron chi connectivity index (χ2n) is 8.90. The van der Waals surface area contributed by atoms with Crippen LogP contribution in [0.1, 0.15) is 55.7 Å². The van der Waals surface area contributed by atoms with Crippen LogP contribution in [0, 0.1) is 5.82 Å². The summed E-state index contributed by atoms with van der Waals surface area (Å²) in [5.74, 6) is -0.261. The van der Waals surface area contributed by atoms with Crippen LogP contribution in [0.15, 0.2) is 85.1 Å². The molecule has 0 saturated carbocycles. The number of benzene rings is 3. The van der Waals surface area contributed by atoms with Crippen LogP contribution in [0.5, 0.6) is 0 Å². The molecular formula is C30H33FN2O. The number of rotatable bonds is 10. The summed E-state index contributed by atoms with van der Waals surface area (Å²) in [4.78, 5) is 15.4. The van der Waals surface area contributed by atoms with Crippen molar-refractivity contribution in [2.75, 3.05) is 13.1 Å². The van der Waals surface area contributed by atoms with Crippen molar-refractivity contribution in [2.45, 2.75) is 45.6 Å². The highest BCUT2D eigenvalue weighted by atomic mass is 19.1. The van der Waals surface area contributed by atoms with Gasteiger partial charge in [-0.3, -0.25) is 4.79 Å². The maximum Gasteiger partial charge on any atom is 0.223 e. The average Bonchev–Trinajstić information content (AvgIpc) is 3.21. The topological polar surface area (TPSA) is 25.2 Å². The number of carbonyl (C=O) groups is 1. The molecule has 4 rings (SSSR count). The summed E-state index contributed by atoms with van der Waals surface area (Å²) in [6.45, 7) is 6.48. The SMILES string of the molecule is CCCN(CCC)C(=O)C[C@@H](c1ccc(F)cc1)c1cn(Cc2ccccc2)c2ccccc12. The van der Waals surface area contributed by atoms with Gasteiger partial charge in [-0.25, -0.2) is 4.39 Å². The Balaban J connectivity index is 1.77. The fraction of sp³-hybridized carbons (Fsp3) is 0.300. The first-order chi connectivity index (χ1) is 16.6. The molecule has 176 valence electrons. The molecule has 1 amide bonds. The van der Waals surface area contributed by atoms with Gasteiger partial charge in [-0.2, -0.15) is 0 Å². The van der Waals surface area contributed by atoms with Gasteiger partial charge in [0.2, 0.25) is 5.91 Å². The van der Waals surface area contributed by atoms with Gasteiger partial charge in [-0.1, -0.05) is 74.5 Å². The van der Waals surface area contributed by atoms with Crippen LogP contribution in [0.25, 0.3) is 10.9 Å². The first-order valence-corrected chi connectivity index (χ1v) is 12.3. The van der Waals surface area contributed by atoms with Crippen LogP contribution < -0.4 is 0 Å². The minimum absolute atomic E-state index is 0.147. The number of nitrogens with zero attached hydrogens (tertiary/aromatic N) is 2. The first-order valence-electron chi connectivity index (χ1n) is 12.3. The molecule has 34 heavy (non-hydrogen) atoms. The van der Waals surface area contributed by atoms with Gasteiger partial charge in [-0.15, -0.1) is 0 Å². The quantitative estimate of drug-likeness (QED) is 0.252. The van der Waals surface area contributed by atoms with Crippen molar-refractivity contribution < 1.29 is 9.18 Å². The van der Waals surface area contributed by atoms with E-state index in [4.69, 9.17) is 0 Å². The molecule has 0 unspecified atom stereocenters. The Bertz CT molecular complexity index is 1210. The number of amides is 1. The van der Waals surface area contributed by atoms with E-state index in [2.05, 4.69) is 67.1 Å². The lowest BCUT2D eigenvalue weighted by molar-refractivity contribution is -0.131. The standard InChI is InChI=1S/C30H33FN2O/c1-3-18-32(19-4-2)30(34)20-27(24-14-16-25(31)17-15-24)28-22-33(21-23-10-6-5-7-11-23)29-13-9-8-12-26(28)29/h5-17,22,27H,3-4,18-21H2,1-2H3/t27-/m0/s1. The van der Waals surface area contributed by atoms with Crippen molar-refractivity contribution in [3.05, 3.63) is 108 Å². The third-order valence-electron chi connectivity index (χ3n) is 6.38. The molecule has 0 aliphatic heterocycles. The summed E-state index contributed by atoms with van der Waals surface area (Å²) in [6, 6.07) is 25.4. The smallest absolute Gasteiger partial charge is 0.223 e. The van der Waals surface area contributed by atoms with E-state index >= 15 is 0 Å². The molecule has 0 aliphatic carbocycles. The molecule has 3 aromatic carbocycles. The summed E-state index contributed by atoms with van der Waals surface area (Å²) >= 11 is 0. The molecule has 4 aromatic rings. The minimum Gasteiger partial charge on any atom is -0.343 e. The van der Waals surface area contributed by atoms with E-state index in [9.17, 15) is 9.18 Å². The molecule has 1 heterocycles. The zero-order valence-electron chi connectivity index (χ0n) is 20.1. The highest BCUT2D eigenvalue weighted by Gasteiger charge is 2.25. The molecule has 1 atom stereocenters. The third kappa shape index (κ3) is 5.39. The molecule has 0 fully saturated rings. The second-order valence-corrected chi connectivity index (χ2v) is 8.90. The summed E-state index contributed by atoms with van der Waals surface area (Å²) in [7, 11) is 0. The Morgan fingerprint density at radius 3 is 2.21 bits per heavy atom. The van der Waals surface area contributed by atoms with Gasteiger partial charge in [-0.05, 0) is 47.7 Å². The van der Waals surface area contributed by atoms with E-state index < -0.39 is 0 Å². The highest BCUT2D eigenvalue weighted by molar-refractivity contribution is 5.87. The van der Waals surface area contributed by atoms with Crippen molar-refractivity contribution in [2.24, 2.45) is 0 Å². The van der Waals surface area contributed by atoms with Crippen molar-refractivity contribution in [1.29, 1.82) is 0 Å². The number of hydrogen-bond acceptors (Lipinski definition) is 1. The van der Waals surface area contributed by atoms with Crippen LogP contribution >= 0.6 is 0 Å². The van der Waals surface area contributed by atoms with E-state index in [1.54, 1.807) is 0 Å². The summed E-state index contributed by atoms with van der Waals surface area (Å²) in [6.07, 6.45) is 4.42. The number of para-hydroxylation sites is 1. The monoisotopic (exact) mass is 456 g/mol. The van der Waals surface area contributed by atoms with Gasteiger partial charge < -0.3 is 9.47 Å². The maximum atomic E-state index is 13.8. The number of aromatic nitrogens is 1. The Morgan fingerprint density at radius 1 is 0.882 bits per heavy atom. The van der Waals surface area contributed by atoms with E-state index in [1.807, 2.05) is 29.2 Å². The van der Waals surface area contributed by atoms with Crippen LogP contribution in [0.3, 0.4) is 0 Å². The molecule has 0 bridgehead atoms. The molecule has 0 spiro atoms. The minimum atomic E-state index is -0.265. The number of carbonyl (C=O) groups excluding carboxylic acids is 1. The average molecular weight is 457 g/mol. The van der Waals surface area contributed by atoms with Gasteiger partial charge in [0, 0.05) is 49.1 Å².